The Bertz CT molecular complexity index is 737. The molecular formula is C16H14N2OS. The summed E-state index contributed by atoms with van der Waals surface area (Å²) in [5.74, 6) is -0.142. The number of carbonyl (C=O) groups excluding carboxylic acids is 1. The van der Waals surface area contributed by atoms with Crippen LogP contribution in [-0.2, 0) is 0 Å². The number of aromatic nitrogens is 1. The zero-order valence-corrected chi connectivity index (χ0v) is 11.9. The first kappa shape index (κ1) is 12.8. The second-order valence-electron chi connectivity index (χ2n) is 4.60. The van der Waals surface area contributed by atoms with Gasteiger partial charge in [-0.2, -0.15) is 0 Å². The molecule has 2 heterocycles. The fraction of sp³-hybridized carbons (Fsp3) is 0.125. The highest BCUT2D eigenvalue weighted by Gasteiger charge is 2.13. The van der Waals surface area contributed by atoms with Gasteiger partial charge in [-0.1, -0.05) is 30.3 Å². The second-order valence-corrected chi connectivity index (χ2v) is 5.58. The largest absolute Gasteiger partial charge is 0.343 e. The van der Waals surface area contributed by atoms with Gasteiger partial charge in [-0.3, -0.25) is 4.79 Å². The molecule has 4 heteroatoms. The van der Waals surface area contributed by atoms with Crippen molar-refractivity contribution >= 4 is 28.1 Å². The van der Waals surface area contributed by atoms with E-state index in [0.29, 0.717) is 5.69 Å². The Morgan fingerprint density at radius 2 is 2.00 bits per heavy atom. The Balaban J connectivity index is 1.82. The number of pyridine rings is 1. The second kappa shape index (κ2) is 5.43. The molecule has 0 aliphatic carbocycles. The van der Waals surface area contributed by atoms with Crippen molar-refractivity contribution in [2.75, 3.05) is 0 Å². The number of nitrogens with one attached hydrogen (secondary N) is 1. The van der Waals surface area contributed by atoms with Crippen molar-refractivity contribution in [2.45, 2.75) is 13.0 Å². The number of hydrogen-bond acceptors (Lipinski definition) is 3. The van der Waals surface area contributed by atoms with Crippen molar-refractivity contribution in [1.29, 1.82) is 0 Å². The van der Waals surface area contributed by atoms with Gasteiger partial charge < -0.3 is 5.32 Å². The number of carbonyl (C=O) groups is 1. The third kappa shape index (κ3) is 2.56. The maximum absolute atomic E-state index is 12.2. The smallest absolute Gasteiger partial charge is 0.270 e. The molecule has 3 nitrogen and oxygen atoms in total. The van der Waals surface area contributed by atoms with Gasteiger partial charge in [-0.25, -0.2) is 4.98 Å². The fourth-order valence-corrected chi connectivity index (χ4v) is 2.81. The monoisotopic (exact) mass is 282 g/mol. The topological polar surface area (TPSA) is 42.0 Å². The van der Waals surface area contributed by atoms with Crippen LogP contribution in [0.2, 0.25) is 0 Å². The van der Waals surface area contributed by atoms with Crippen molar-refractivity contribution in [1.82, 2.24) is 10.3 Å². The van der Waals surface area contributed by atoms with Crippen molar-refractivity contribution in [3.05, 3.63) is 64.5 Å². The maximum Gasteiger partial charge on any atom is 0.270 e. The van der Waals surface area contributed by atoms with Gasteiger partial charge in [0.15, 0.2) is 0 Å². The molecule has 3 aromatic rings. The molecule has 0 saturated carbocycles. The van der Waals surface area contributed by atoms with Gasteiger partial charge in [0.1, 0.15) is 5.69 Å². The van der Waals surface area contributed by atoms with Crippen molar-refractivity contribution < 1.29 is 4.79 Å². The molecule has 1 N–H and O–H groups in total. The molecule has 1 atom stereocenters. The molecular weight excluding hydrogens is 268 g/mol. The first-order valence-electron chi connectivity index (χ1n) is 6.44. The fourth-order valence-electron chi connectivity index (χ4n) is 2.07. The standard InChI is InChI=1S/C16H14N2OS/c1-11(15-7-4-10-20-15)17-16(19)14-9-8-12-5-2-3-6-13(12)18-14/h2-11H,1H3,(H,17,19). The van der Waals surface area contributed by atoms with Crippen LogP contribution in [0.4, 0.5) is 0 Å². The first-order chi connectivity index (χ1) is 9.74. The number of nitrogens with zero attached hydrogens (tertiary/aromatic N) is 1. The molecule has 0 aliphatic rings. The molecule has 3 rings (SSSR count). The summed E-state index contributed by atoms with van der Waals surface area (Å²) in [6, 6.07) is 15.5. The molecule has 0 spiro atoms. The number of amides is 1. The molecule has 100 valence electrons. The van der Waals surface area contributed by atoms with Crippen LogP contribution < -0.4 is 5.32 Å². The third-order valence-electron chi connectivity index (χ3n) is 3.15. The van der Waals surface area contributed by atoms with E-state index in [1.165, 1.54) is 0 Å². The third-order valence-corrected chi connectivity index (χ3v) is 4.20. The minimum atomic E-state index is -0.142. The highest BCUT2D eigenvalue weighted by atomic mass is 32.1. The Morgan fingerprint density at radius 3 is 2.80 bits per heavy atom. The Labute approximate surface area is 121 Å². The predicted octanol–water partition coefficient (Wildman–Crippen LogP) is 3.79. The first-order valence-corrected chi connectivity index (χ1v) is 7.32. The molecule has 1 unspecified atom stereocenters. The van der Waals surface area contributed by atoms with Crippen LogP contribution in [0.1, 0.15) is 28.3 Å². The zero-order valence-electron chi connectivity index (χ0n) is 11.0. The molecule has 0 saturated heterocycles. The van der Waals surface area contributed by atoms with E-state index in [0.717, 1.165) is 15.8 Å². The van der Waals surface area contributed by atoms with Gasteiger partial charge in [0.05, 0.1) is 11.6 Å². The summed E-state index contributed by atoms with van der Waals surface area (Å²) in [7, 11) is 0. The van der Waals surface area contributed by atoms with Crippen LogP contribution in [0.3, 0.4) is 0 Å². The van der Waals surface area contributed by atoms with Crippen LogP contribution in [0.15, 0.2) is 53.9 Å². The number of rotatable bonds is 3. The van der Waals surface area contributed by atoms with E-state index in [4.69, 9.17) is 0 Å². The average Bonchev–Trinajstić information content (AvgIpc) is 3.01. The maximum atomic E-state index is 12.2. The predicted molar refractivity (Wildman–Crippen MR) is 81.9 cm³/mol. The van der Waals surface area contributed by atoms with E-state index in [-0.39, 0.29) is 11.9 Å². The Hall–Kier alpha value is -2.20. The molecule has 0 aliphatic heterocycles. The highest BCUT2D eigenvalue weighted by molar-refractivity contribution is 7.10. The number of para-hydroxylation sites is 1. The van der Waals surface area contributed by atoms with Crippen LogP contribution in [0.5, 0.6) is 0 Å². The highest BCUT2D eigenvalue weighted by Crippen LogP contribution is 2.19. The summed E-state index contributed by atoms with van der Waals surface area (Å²) in [4.78, 5) is 17.8. The summed E-state index contributed by atoms with van der Waals surface area (Å²) in [5, 5.41) is 6.02. The molecule has 20 heavy (non-hydrogen) atoms. The lowest BCUT2D eigenvalue weighted by atomic mass is 10.2. The van der Waals surface area contributed by atoms with E-state index in [2.05, 4.69) is 10.3 Å². The number of thiophene rings is 1. The average molecular weight is 282 g/mol. The van der Waals surface area contributed by atoms with Gasteiger partial charge in [0, 0.05) is 10.3 Å². The van der Waals surface area contributed by atoms with E-state index in [1.807, 2.05) is 54.8 Å². The lowest BCUT2D eigenvalue weighted by Crippen LogP contribution is -2.26. The quantitative estimate of drug-likeness (QED) is 0.794. The van der Waals surface area contributed by atoms with Gasteiger partial charge in [-0.15, -0.1) is 11.3 Å². The van der Waals surface area contributed by atoms with E-state index < -0.39 is 0 Å². The normalized spacial score (nSPS) is 12.2. The summed E-state index contributed by atoms with van der Waals surface area (Å²) in [6.07, 6.45) is 0. The lowest BCUT2D eigenvalue weighted by Gasteiger charge is -2.12. The lowest BCUT2D eigenvalue weighted by molar-refractivity contribution is 0.0936. The molecule has 0 fully saturated rings. The minimum Gasteiger partial charge on any atom is -0.343 e. The van der Waals surface area contributed by atoms with Gasteiger partial charge >= 0.3 is 0 Å². The van der Waals surface area contributed by atoms with Crippen molar-refractivity contribution in [3.63, 3.8) is 0 Å². The molecule has 0 bridgehead atoms. The number of benzene rings is 1. The molecule has 0 radical (unpaired) electrons. The Morgan fingerprint density at radius 1 is 1.15 bits per heavy atom. The minimum absolute atomic E-state index is 0.00392. The molecule has 1 amide bonds. The summed E-state index contributed by atoms with van der Waals surface area (Å²) < 4.78 is 0. The molecule has 2 aromatic heterocycles. The van der Waals surface area contributed by atoms with Crippen molar-refractivity contribution in [3.8, 4) is 0 Å². The summed E-state index contributed by atoms with van der Waals surface area (Å²) in [6.45, 7) is 1.98. The van der Waals surface area contributed by atoms with E-state index >= 15 is 0 Å². The van der Waals surface area contributed by atoms with Crippen LogP contribution in [0, 0.1) is 0 Å². The zero-order chi connectivity index (χ0) is 13.9. The van der Waals surface area contributed by atoms with Crippen molar-refractivity contribution in [2.24, 2.45) is 0 Å². The molecule has 1 aromatic carbocycles. The van der Waals surface area contributed by atoms with E-state index in [9.17, 15) is 4.79 Å². The van der Waals surface area contributed by atoms with E-state index in [1.54, 1.807) is 17.4 Å². The van der Waals surface area contributed by atoms with Crippen LogP contribution in [-0.4, -0.2) is 10.9 Å². The Kier molecular flexibility index (Phi) is 3.48. The van der Waals surface area contributed by atoms with Gasteiger partial charge in [0.2, 0.25) is 0 Å². The van der Waals surface area contributed by atoms with Gasteiger partial charge in [0.25, 0.3) is 5.91 Å². The summed E-state index contributed by atoms with van der Waals surface area (Å²) in [5.41, 5.74) is 1.29. The number of fused-ring (bicyclic) bond motifs is 1. The van der Waals surface area contributed by atoms with Crippen LogP contribution >= 0.6 is 11.3 Å². The SMILES string of the molecule is CC(NC(=O)c1ccc2ccccc2n1)c1cccs1. The summed E-state index contributed by atoms with van der Waals surface area (Å²) >= 11 is 1.64. The van der Waals surface area contributed by atoms with Gasteiger partial charge in [-0.05, 0) is 30.5 Å². The number of hydrogen-bond donors (Lipinski definition) is 1. The van der Waals surface area contributed by atoms with Crippen LogP contribution in [0.25, 0.3) is 10.9 Å².